The summed E-state index contributed by atoms with van der Waals surface area (Å²) in [7, 11) is 1.70. The summed E-state index contributed by atoms with van der Waals surface area (Å²) in [5.41, 5.74) is 9.96. The largest absolute Gasteiger partial charge is 0.457 e. The van der Waals surface area contributed by atoms with E-state index in [-0.39, 0.29) is 6.10 Å². The second-order valence-electron chi connectivity index (χ2n) is 5.68. The van der Waals surface area contributed by atoms with Crippen LogP contribution in [0.3, 0.4) is 0 Å². The molecule has 0 saturated heterocycles. The second kappa shape index (κ2) is 7.82. The van der Waals surface area contributed by atoms with E-state index in [2.05, 4.69) is 12.1 Å². The van der Waals surface area contributed by atoms with E-state index in [1.54, 1.807) is 7.11 Å². The summed E-state index contributed by atoms with van der Waals surface area (Å²) in [5.74, 6) is 1.63. The molecule has 0 spiro atoms. The summed E-state index contributed by atoms with van der Waals surface area (Å²) in [4.78, 5) is 0. The minimum absolute atomic E-state index is 0.0114. The van der Waals surface area contributed by atoms with Crippen LogP contribution < -0.4 is 10.5 Å². The first-order valence-corrected chi connectivity index (χ1v) is 8.15. The Kier molecular flexibility index (Phi) is 6.05. The molecule has 0 aliphatic heterocycles. The first-order chi connectivity index (χ1) is 11.0. The number of ether oxygens (including phenoxy) is 2. The van der Waals surface area contributed by atoms with Gasteiger partial charge in [0.05, 0.1) is 6.10 Å². The van der Waals surface area contributed by atoms with Crippen LogP contribution in [-0.2, 0) is 11.2 Å². The van der Waals surface area contributed by atoms with Crippen LogP contribution in [0.15, 0.2) is 30.3 Å². The first-order valence-electron chi connectivity index (χ1n) is 7.77. The van der Waals surface area contributed by atoms with Gasteiger partial charge in [-0.25, -0.2) is 0 Å². The average Bonchev–Trinajstić information content (AvgIpc) is 2.56. The molecule has 0 heterocycles. The van der Waals surface area contributed by atoms with E-state index >= 15 is 0 Å². The Morgan fingerprint density at radius 2 is 1.83 bits per heavy atom. The predicted molar refractivity (Wildman–Crippen MR) is 95.6 cm³/mol. The Bertz CT molecular complexity index is 685. The molecule has 124 valence electrons. The Hall–Kier alpha value is -1.55. The molecule has 0 radical (unpaired) electrons. The van der Waals surface area contributed by atoms with Crippen molar-refractivity contribution in [3.63, 3.8) is 0 Å². The van der Waals surface area contributed by atoms with Crippen LogP contribution in [0.1, 0.15) is 35.3 Å². The molecule has 0 fully saturated rings. The van der Waals surface area contributed by atoms with Crippen molar-refractivity contribution in [1.29, 1.82) is 0 Å². The van der Waals surface area contributed by atoms with Crippen molar-refractivity contribution in [2.75, 3.05) is 13.7 Å². The molecule has 0 bridgehead atoms. The lowest BCUT2D eigenvalue weighted by molar-refractivity contribution is 0.119. The Labute approximate surface area is 143 Å². The number of methoxy groups -OCH3 is 1. The van der Waals surface area contributed by atoms with Gasteiger partial charge in [0.2, 0.25) is 0 Å². The topological polar surface area (TPSA) is 44.5 Å². The minimum atomic E-state index is 0.0114. The normalized spacial score (nSPS) is 12.3. The molecule has 1 atom stereocenters. The van der Waals surface area contributed by atoms with Gasteiger partial charge in [-0.3, -0.25) is 0 Å². The second-order valence-corrected chi connectivity index (χ2v) is 6.09. The van der Waals surface area contributed by atoms with Gasteiger partial charge in [-0.2, -0.15) is 0 Å². The summed E-state index contributed by atoms with van der Waals surface area (Å²) in [5, 5.41) is 0.749. The minimum Gasteiger partial charge on any atom is -0.457 e. The highest BCUT2D eigenvalue weighted by molar-refractivity contribution is 6.31. The van der Waals surface area contributed by atoms with Crippen LogP contribution in [0.5, 0.6) is 11.5 Å². The monoisotopic (exact) mass is 333 g/mol. The maximum atomic E-state index is 6.19. The van der Waals surface area contributed by atoms with Crippen molar-refractivity contribution < 1.29 is 9.47 Å². The summed E-state index contributed by atoms with van der Waals surface area (Å²) < 4.78 is 11.6. The third-order valence-electron chi connectivity index (χ3n) is 4.22. The van der Waals surface area contributed by atoms with Gasteiger partial charge in [0.25, 0.3) is 0 Å². The molecule has 0 aromatic heterocycles. The van der Waals surface area contributed by atoms with E-state index in [9.17, 15) is 0 Å². The zero-order valence-electron chi connectivity index (χ0n) is 14.2. The van der Waals surface area contributed by atoms with Crippen molar-refractivity contribution in [3.05, 3.63) is 57.6 Å². The maximum absolute atomic E-state index is 6.19. The van der Waals surface area contributed by atoms with E-state index in [0.717, 1.165) is 45.2 Å². The lowest BCUT2D eigenvalue weighted by atomic mass is 10.0. The number of hydrogen-bond acceptors (Lipinski definition) is 3. The van der Waals surface area contributed by atoms with Gasteiger partial charge in [0, 0.05) is 12.1 Å². The van der Waals surface area contributed by atoms with Gasteiger partial charge in [-0.15, -0.1) is 0 Å². The van der Waals surface area contributed by atoms with Crippen molar-refractivity contribution >= 4 is 11.6 Å². The molecule has 2 aromatic rings. The van der Waals surface area contributed by atoms with Gasteiger partial charge >= 0.3 is 0 Å². The molecule has 3 nitrogen and oxygen atoms in total. The van der Waals surface area contributed by atoms with E-state index in [4.69, 9.17) is 26.8 Å². The fourth-order valence-corrected chi connectivity index (χ4v) is 2.61. The molecular weight excluding hydrogens is 310 g/mol. The molecule has 2 N–H and O–H groups in total. The molecule has 0 aliphatic carbocycles. The summed E-state index contributed by atoms with van der Waals surface area (Å²) in [6, 6.07) is 9.92. The third-order valence-corrected chi connectivity index (χ3v) is 4.63. The molecule has 0 amide bonds. The highest BCUT2D eigenvalue weighted by atomic mass is 35.5. The van der Waals surface area contributed by atoms with Crippen molar-refractivity contribution in [2.45, 2.75) is 33.3 Å². The molecule has 2 rings (SSSR count). The molecule has 4 heteroatoms. The SMILES string of the molecule is COC(C)c1ccc(CCN)c(Oc2ccc(Cl)c(C)c2C)c1. The Morgan fingerprint density at radius 1 is 1.09 bits per heavy atom. The fraction of sp³-hybridized carbons (Fsp3) is 0.368. The van der Waals surface area contributed by atoms with Gasteiger partial charge in [-0.05, 0) is 74.2 Å². The van der Waals surface area contributed by atoms with E-state index in [0.29, 0.717) is 6.54 Å². The van der Waals surface area contributed by atoms with Gasteiger partial charge < -0.3 is 15.2 Å². The van der Waals surface area contributed by atoms with Gasteiger partial charge in [0.1, 0.15) is 11.5 Å². The number of rotatable bonds is 6. The van der Waals surface area contributed by atoms with Crippen LogP contribution in [0.25, 0.3) is 0 Å². The number of nitrogens with two attached hydrogens (primary N) is 1. The molecule has 2 aromatic carbocycles. The summed E-state index contributed by atoms with van der Waals surface area (Å²) in [6.45, 7) is 6.60. The van der Waals surface area contributed by atoms with Crippen LogP contribution in [0.4, 0.5) is 0 Å². The fourth-order valence-electron chi connectivity index (χ4n) is 2.41. The van der Waals surface area contributed by atoms with Crippen LogP contribution >= 0.6 is 11.6 Å². The van der Waals surface area contributed by atoms with E-state index in [1.807, 2.05) is 39.0 Å². The summed E-state index contributed by atoms with van der Waals surface area (Å²) in [6.07, 6.45) is 0.778. The standard InChI is InChI=1S/C19H24ClNO2/c1-12-13(2)18(8-7-17(12)20)23-19-11-16(14(3)22-4)6-5-15(19)9-10-21/h5-8,11,14H,9-10,21H2,1-4H3. The molecular formula is C19H24ClNO2. The van der Waals surface area contributed by atoms with Crippen LogP contribution in [-0.4, -0.2) is 13.7 Å². The van der Waals surface area contributed by atoms with Crippen molar-refractivity contribution in [1.82, 2.24) is 0 Å². The zero-order valence-corrected chi connectivity index (χ0v) is 14.9. The molecule has 23 heavy (non-hydrogen) atoms. The third kappa shape index (κ3) is 4.05. The van der Waals surface area contributed by atoms with E-state index < -0.39 is 0 Å². The lowest BCUT2D eigenvalue weighted by Crippen LogP contribution is -2.05. The summed E-state index contributed by atoms with van der Waals surface area (Å²) >= 11 is 6.17. The smallest absolute Gasteiger partial charge is 0.131 e. The van der Waals surface area contributed by atoms with E-state index in [1.165, 1.54) is 0 Å². The highest BCUT2D eigenvalue weighted by Crippen LogP contribution is 2.34. The first kappa shape index (κ1) is 17.8. The van der Waals surface area contributed by atoms with Crippen LogP contribution in [0.2, 0.25) is 5.02 Å². The Balaban J connectivity index is 2.42. The Morgan fingerprint density at radius 3 is 2.48 bits per heavy atom. The van der Waals surface area contributed by atoms with Crippen molar-refractivity contribution in [3.8, 4) is 11.5 Å². The maximum Gasteiger partial charge on any atom is 0.131 e. The van der Waals surface area contributed by atoms with Gasteiger partial charge in [0.15, 0.2) is 0 Å². The highest BCUT2D eigenvalue weighted by Gasteiger charge is 2.13. The molecule has 0 aliphatic rings. The van der Waals surface area contributed by atoms with Crippen LogP contribution in [0, 0.1) is 13.8 Å². The van der Waals surface area contributed by atoms with Crippen molar-refractivity contribution in [2.24, 2.45) is 5.73 Å². The average molecular weight is 334 g/mol. The number of halogens is 1. The quantitative estimate of drug-likeness (QED) is 0.812. The molecule has 0 saturated carbocycles. The number of benzene rings is 2. The predicted octanol–water partition coefficient (Wildman–Crippen LogP) is 4.96. The van der Waals surface area contributed by atoms with Gasteiger partial charge in [-0.1, -0.05) is 23.7 Å². The molecule has 1 unspecified atom stereocenters. The number of hydrogen-bond donors (Lipinski definition) is 1. The lowest BCUT2D eigenvalue weighted by Gasteiger charge is -2.17. The zero-order chi connectivity index (χ0) is 17.0.